The Labute approximate surface area is 282 Å². The van der Waals surface area contributed by atoms with Gasteiger partial charge < -0.3 is 10.2 Å². The lowest BCUT2D eigenvalue weighted by atomic mass is 10.0. The summed E-state index contributed by atoms with van der Waals surface area (Å²) in [6.07, 6.45) is 62.1. The van der Waals surface area contributed by atoms with Gasteiger partial charge in [-0.3, -0.25) is 0 Å². The number of unbranched alkanes of at least 4 members (excludes halogenated alkanes) is 29. The summed E-state index contributed by atoms with van der Waals surface area (Å²) in [5.74, 6) is 5.13. The molecule has 0 spiro atoms. The van der Waals surface area contributed by atoms with Crippen molar-refractivity contribution in [2.45, 2.75) is 212 Å². The minimum absolute atomic E-state index is 0.358. The second kappa shape index (κ2) is 38.3. The molecule has 0 radical (unpaired) electrons. The van der Waals surface area contributed by atoms with Crippen LogP contribution in [0.4, 0.5) is 0 Å². The first-order valence-electron chi connectivity index (χ1n) is 19.5. The third-order valence-corrected chi connectivity index (χ3v) is 8.89. The number of allylic oxidation sites excluding steroid dienone is 5. The van der Waals surface area contributed by atoms with Crippen molar-refractivity contribution in [1.82, 2.24) is 0 Å². The molecule has 0 aromatic carbocycles. The minimum Gasteiger partial charge on any atom is -0.512 e. The molecule has 0 aliphatic rings. The van der Waals surface area contributed by atoms with E-state index < -0.39 is 6.10 Å². The highest BCUT2D eigenvalue weighted by molar-refractivity contribution is 5.06. The third kappa shape index (κ3) is 38.2. The molecule has 45 heavy (non-hydrogen) atoms. The lowest BCUT2D eigenvalue weighted by Gasteiger charge is -2.04. The molecule has 1 atom stereocenters. The molecule has 0 rings (SSSR count). The number of rotatable bonds is 35. The van der Waals surface area contributed by atoms with Gasteiger partial charge in [0.25, 0.3) is 0 Å². The molecule has 0 aromatic heterocycles. The highest BCUT2D eigenvalue weighted by atomic mass is 16.3. The van der Waals surface area contributed by atoms with Gasteiger partial charge in [-0.15, -0.1) is 12.8 Å². The first kappa shape index (κ1) is 43.1. The van der Waals surface area contributed by atoms with E-state index in [0.29, 0.717) is 12.2 Å². The monoisotopic (exact) mass is 623 g/mol. The summed E-state index contributed by atoms with van der Waals surface area (Å²) in [6, 6.07) is 0. The summed E-state index contributed by atoms with van der Waals surface area (Å²) in [5, 5.41) is 18.7. The van der Waals surface area contributed by atoms with Gasteiger partial charge in [0.15, 0.2) is 0 Å². The predicted molar refractivity (Wildman–Crippen MR) is 200 cm³/mol. The SMILES string of the molecule is C#CCC(O)=CCCCCCCCCCCCCCCCCCCCCCCCCC=CCCCCCCCC=CC(O)C#C. The lowest BCUT2D eigenvalue weighted by molar-refractivity contribution is 0.280. The van der Waals surface area contributed by atoms with Gasteiger partial charge >= 0.3 is 0 Å². The lowest BCUT2D eigenvalue weighted by Crippen LogP contribution is -1.95. The van der Waals surface area contributed by atoms with Gasteiger partial charge in [-0.1, -0.05) is 178 Å². The minimum atomic E-state index is -0.719. The maximum atomic E-state index is 9.49. The molecule has 0 aliphatic heterocycles. The first-order valence-corrected chi connectivity index (χ1v) is 19.5. The molecular formula is C43H74O2. The van der Waals surface area contributed by atoms with E-state index in [1.807, 2.05) is 12.2 Å². The van der Waals surface area contributed by atoms with Crippen LogP contribution in [-0.2, 0) is 0 Å². The van der Waals surface area contributed by atoms with Gasteiger partial charge in [-0.25, -0.2) is 0 Å². The molecule has 2 heteroatoms. The van der Waals surface area contributed by atoms with E-state index in [1.165, 1.54) is 186 Å². The molecule has 2 nitrogen and oxygen atoms in total. The summed E-state index contributed by atoms with van der Waals surface area (Å²) in [4.78, 5) is 0. The molecule has 0 saturated heterocycles. The van der Waals surface area contributed by atoms with Crippen molar-refractivity contribution in [3.63, 3.8) is 0 Å². The highest BCUT2D eigenvalue weighted by Gasteiger charge is 1.97. The normalized spacial score (nSPS) is 12.6. The van der Waals surface area contributed by atoms with E-state index in [1.54, 1.807) is 6.08 Å². The molecule has 1 unspecified atom stereocenters. The largest absolute Gasteiger partial charge is 0.512 e. The van der Waals surface area contributed by atoms with Crippen LogP contribution in [-0.4, -0.2) is 16.3 Å². The van der Waals surface area contributed by atoms with Gasteiger partial charge in [0.1, 0.15) is 11.9 Å². The molecular weight excluding hydrogens is 548 g/mol. The van der Waals surface area contributed by atoms with Gasteiger partial charge in [0.2, 0.25) is 0 Å². The number of aliphatic hydroxyl groups excluding tert-OH is 2. The van der Waals surface area contributed by atoms with Crippen molar-refractivity contribution >= 4 is 0 Å². The highest BCUT2D eigenvalue weighted by Crippen LogP contribution is 2.16. The van der Waals surface area contributed by atoms with E-state index in [9.17, 15) is 10.2 Å². The van der Waals surface area contributed by atoms with Crippen LogP contribution in [0, 0.1) is 24.7 Å². The van der Waals surface area contributed by atoms with Crippen molar-refractivity contribution in [2.75, 3.05) is 0 Å². The fourth-order valence-electron chi connectivity index (χ4n) is 5.96. The topological polar surface area (TPSA) is 40.5 Å². The Balaban J connectivity index is 3.15. The molecule has 2 N–H and O–H groups in total. The summed E-state index contributed by atoms with van der Waals surface area (Å²) in [7, 11) is 0. The van der Waals surface area contributed by atoms with Crippen LogP contribution < -0.4 is 0 Å². The Bertz CT molecular complexity index is 762. The zero-order valence-corrected chi connectivity index (χ0v) is 29.6. The first-order chi connectivity index (χ1) is 22.2. The molecule has 258 valence electrons. The zero-order valence-electron chi connectivity index (χ0n) is 29.6. The maximum absolute atomic E-state index is 9.49. The molecule has 0 saturated carbocycles. The van der Waals surface area contributed by atoms with Gasteiger partial charge in [-0.2, -0.15) is 0 Å². The quantitative estimate of drug-likeness (QED) is 0.0319. The Morgan fingerprint density at radius 1 is 0.444 bits per heavy atom. The number of terminal acetylenes is 2. The van der Waals surface area contributed by atoms with Crippen molar-refractivity contribution in [2.24, 2.45) is 0 Å². The van der Waals surface area contributed by atoms with Gasteiger partial charge in [0.05, 0.1) is 6.42 Å². The van der Waals surface area contributed by atoms with Crippen molar-refractivity contribution in [1.29, 1.82) is 0 Å². The molecule has 0 heterocycles. The Morgan fingerprint density at radius 2 is 0.733 bits per heavy atom. The van der Waals surface area contributed by atoms with Crippen molar-refractivity contribution in [3.8, 4) is 24.7 Å². The van der Waals surface area contributed by atoms with E-state index in [0.717, 1.165) is 12.8 Å². The fraction of sp³-hybridized carbons (Fsp3) is 0.767. The summed E-state index contributed by atoms with van der Waals surface area (Å²) in [5.41, 5.74) is 0. The second-order valence-electron chi connectivity index (χ2n) is 13.3. The van der Waals surface area contributed by atoms with Crippen LogP contribution in [0.2, 0.25) is 0 Å². The number of aliphatic hydroxyl groups is 2. The molecule has 0 aromatic rings. The maximum Gasteiger partial charge on any atom is 0.133 e. The average Bonchev–Trinajstić information content (AvgIpc) is 3.04. The van der Waals surface area contributed by atoms with E-state index >= 15 is 0 Å². The Kier molecular flexibility index (Phi) is 36.7. The number of hydrogen-bond acceptors (Lipinski definition) is 2. The zero-order chi connectivity index (χ0) is 32.7. The molecule has 0 amide bonds. The van der Waals surface area contributed by atoms with E-state index in [2.05, 4.69) is 24.0 Å². The van der Waals surface area contributed by atoms with Crippen LogP contribution in [0.1, 0.15) is 205 Å². The van der Waals surface area contributed by atoms with Crippen molar-refractivity contribution < 1.29 is 10.2 Å². The average molecular weight is 623 g/mol. The molecule has 0 bridgehead atoms. The van der Waals surface area contributed by atoms with Crippen LogP contribution in [0.25, 0.3) is 0 Å². The molecule has 0 fully saturated rings. The van der Waals surface area contributed by atoms with Crippen LogP contribution >= 0.6 is 0 Å². The Hall–Kier alpha value is -1.90. The Morgan fingerprint density at radius 3 is 1.04 bits per heavy atom. The van der Waals surface area contributed by atoms with Crippen molar-refractivity contribution in [3.05, 3.63) is 36.1 Å². The molecule has 0 aliphatic carbocycles. The number of hydrogen-bond donors (Lipinski definition) is 2. The summed E-state index contributed by atoms with van der Waals surface area (Å²) >= 11 is 0. The van der Waals surface area contributed by atoms with Gasteiger partial charge in [-0.05, 0) is 63.5 Å². The van der Waals surface area contributed by atoms with Gasteiger partial charge in [0, 0.05) is 0 Å². The standard InChI is InChI=1S/C43H74O2/c1-3-39-43(45)41-38-36-34-32-30-28-26-24-22-20-18-16-14-12-10-8-6-5-7-9-11-13-15-17-19-21-23-25-27-29-31-33-35-37-40-42(44)4-2/h1-2,19,21,37,40-42,44-45H,5-18,20,22-36,38-39H2. The second-order valence-corrected chi connectivity index (χ2v) is 13.3. The van der Waals surface area contributed by atoms with Crippen LogP contribution in [0.3, 0.4) is 0 Å². The van der Waals surface area contributed by atoms with Crippen LogP contribution in [0.15, 0.2) is 36.1 Å². The summed E-state index contributed by atoms with van der Waals surface area (Å²) < 4.78 is 0. The predicted octanol–water partition coefficient (Wildman–Crippen LogP) is 13.7. The van der Waals surface area contributed by atoms with Crippen LogP contribution in [0.5, 0.6) is 0 Å². The summed E-state index contributed by atoms with van der Waals surface area (Å²) in [6.45, 7) is 0. The van der Waals surface area contributed by atoms with E-state index in [-0.39, 0.29) is 0 Å². The third-order valence-electron chi connectivity index (χ3n) is 8.89. The van der Waals surface area contributed by atoms with E-state index in [4.69, 9.17) is 12.8 Å². The smallest absolute Gasteiger partial charge is 0.133 e. The fourth-order valence-corrected chi connectivity index (χ4v) is 5.96.